The number of aromatic amines is 1. The van der Waals surface area contributed by atoms with Crippen molar-refractivity contribution in [2.45, 2.75) is 27.2 Å². The van der Waals surface area contributed by atoms with E-state index >= 15 is 0 Å². The lowest BCUT2D eigenvalue weighted by Crippen LogP contribution is -2.31. The van der Waals surface area contributed by atoms with Gasteiger partial charge in [-0.1, -0.05) is 12.6 Å². The number of amides is 1. The molecule has 1 amide bonds. The molecule has 2 aromatic heterocycles. The van der Waals surface area contributed by atoms with Gasteiger partial charge in [-0.25, -0.2) is 9.97 Å². The van der Waals surface area contributed by atoms with Gasteiger partial charge in [0.05, 0.1) is 30.6 Å². The van der Waals surface area contributed by atoms with Crippen LogP contribution in [0.3, 0.4) is 0 Å². The summed E-state index contributed by atoms with van der Waals surface area (Å²) in [6.07, 6.45) is 2.03. The third-order valence-electron chi connectivity index (χ3n) is 5.17. The third-order valence-corrected chi connectivity index (χ3v) is 5.17. The van der Waals surface area contributed by atoms with Crippen molar-refractivity contribution >= 4 is 23.8 Å². The molecule has 0 fully saturated rings. The standard InChI is InChI=1S/C24H31N9O2/c1-14-12-21(30-16(3)28-14)27-13-26-11-10-18(24(34)25-5)15(2)29-20-9-7-8-19(22(20)35-6)23-31-17(4)32-33-23/h7-9,12-13,18,29H,2,10-11H2,1,3-6H3,(H,25,34)(H,31,32,33)(H,26,27,28,30). The van der Waals surface area contributed by atoms with Gasteiger partial charge in [-0.05, 0) is 39.3 Å². The van der Waals surface area contributed by atoms with Crippen LogP contribution in [0, 0.1) is 26.7 Å². The van der Waals surface area contributed by atoms with Crippen LogP contribution in [0.25, 0.3) is 11.4 Å². The molecule has 35 heavy (non-hydrogen) atoms. The molecule has 3 aromatic rings. The predicted octanol–water partition coefficient (Wildman–Crippen LogP) is 3.01. The fraction of sp³-hybridized carbons (Fsp3) is 0.333. The van der Waals surface area contributed by atoms with E-state index in [2.05, 4.69) is 52.7 Å². The molecule has 11 nitrogen and oxygen atoms in total. The van der Waals surface area contributed by atoms with Gasteiger partial charge < -0.3 is 25.7 Å². The van der Waals surface area contributed by atoms with Crippen LogP contribution in [0.15, 0.2) is 41.5 Å². The monoisotopic (exact) mass is 477 g/mol. The number of carbonyl (C=O) groups is 1. The zero-order chi connectivity index (χ0) is 25.4. The quantitative estimate of drug-likeness (QED) is 0.244. The topological polar surface area (TPSA) is 142 Å². The van der Waals surface area contributed by atoms with Crippen molar-refractivity contribution in [3.05, 3.63) is 53.9 Å². The van der Waals surface area contributed by atoms with Gasteiger partial charge >= 0.3 is 0 Å². The number of carbonyl (C=O) groups excluding carboxylic acids is 1. The van der Waals surface area contributed by atoms with Crippen molar-refractivity contribution in [3.8, 4) is 17.1 Å². The fourth-order valence-electron chi connectivity index (χ4n) is 3.58. The number of methoxy groups -OCH3 is 1. The highest BCUT2D eigenvalue weighted by atomic mass is 16.5. The summed E-state index contributed by atoms with van der Waals surface area (Å²) >= 11 is 0. The number of nitrogens with one attached hydrogen (secondary N) is 4. The largest absolute Gasteiger partial charge is 0.494 e. The number of aromatic nitrogens is 5. The van der Waals surface area contributed by atoms with E-state index in [4.69, 9.17) is 4.74 Å². The molecule has 0 saturated carbocycles. The number of benzene rings is 1. The summed E-state index contributed by atoms with van der Waals surface area (Å²) in [7, 11) is 3.18. The first-order valence-electron chi connectivity index (χ1n) is 11.1. The second-order valence-corrected chi connectivity index (χ2v) is 7.87. The minimum atomic E-state index is -0.512. The molecule has 0 saturated heterocycles. The Morgan fingerprint density at radius 2 is 2.06 bits per heavy atom. The van der Waals surface area contributed by atoms with Crippen molar-refractivity contribution in [3.63, 3.8) is 0 Å². The molecular weight excluding hydrogens is 446 g/mol. The molecule has 3 rings (SSSR count). The minimum absolute atomic E-state index is 0.159. The van der Waals surface area contributed by atoms with Crippen LogP contribution in [-0.4, -0.2) is 58.1 Å². The molecule has 0 aliphatic rings. The summed E-state index contributed by atoms with van der Waals surface area (Å²) in [4.78, 5) is 28.6. The number of aryl methyl sites for hydroxylation is 3. The number of hydrogen-bond acceptors (Lipinski definition) is 8. The Morgan fingerprint density at radius 3 is 2.71 bits per heavy atom. The lowest BCUT2D eigenvalue weighted by Gasteiger charge is -2.21. The minimum Gasteiger partial charge on any atom is -0.494 e. The van der Waals surface area contributed by atoms with Gasteiger partial charge in [-0.3, -0.25) is 9.79 Å². The Labute approximate surface area is 204 Å². The molecule has 11 heteroatoms. The van der Waals surface area contributed by atoms with Gasteiger partial charge in [-0.2, -0.15) is 0 Å². The second-order valence-electron chi connectivity index (χ2n) is 7.87. The number of aliphatic imine (C=N–C) groups is 1. The van der Waals surface area contributed by atoms with Crippen LogP contribution in [-0.2, 0) is 4.79 Å². The Morgan fingerprint density at radius 1 is 1.26 bits per heavy atom. The number of ether oxygens (including phenoxy) is 1. The van der Waals surface area contributed by atoms with Gasteiger partial charge in [0.25, 0.3) is 0 Å². The highest BCUT2D eigenvalue weighted by Gasteiger charge is 2.22. The van der Waals surface area contributed by atoms with Crippen molar-refractivity contribution in [2.24, 2.45) is 10.9 Å². The molecule has 0 aliphatic heterocycles. The smallest absolute Gasteiger partial charge is 0.228 e. The van der Waals surface area contributed by atoms with E-state index in [-0.39, 0.29) is 5.91 Å². The summed E-state index contributed by atoms with van der Waals surface area (Å²) in [6.45, 7) is 10.1. The Hall–Kier alpha value is -4.28. The molecule has 1 atom stereocenters. The van der Waals surface area contributed by atoms with Crippen molar-refractivity contribution in [1.82, 2.24) is 30.5 Å². The van der Waals surface area contributed by atoms with Crippen LogP contribution in [0.5, 0.6) is 5.75 Å². The molecule has 1 unspecified atom stereocenters. The van der Waals surface area contributed by atoms with Crippen molar-refractivity contribution in [2.75, 3.05) is 31.3 Å². The van der Waals surface area contributed by atoms with E-state index in [1.807, 2.05) is 45.0 Å². The van der Waals surface area contributed by atoms with E-state index in [0.717, 1.165) is 11.3 Å². The zero-order valence-electron chi connectivity index (χ0n) is 20.6. The van der Waals surface area contributed by atoms with E-state index in [9.17, 15) is 4.79 Å². The number of rotatable bonds is 11. The van der Waals surface area contributed by atoms with E-state index in [1.54, 1.807) is 20.5 Å². The summed E-state index contributed by atoms with van der Waals surface area (Å²) in [5.74, 6) is 2.53. The van der Waals surface area contributed by atoms with E-state index < -0.39 is 5.92 Å². The van der Waals surface area contributed by atoms with Gasteiger partial charge in [0.1, 0.15) is 17.5 Å². The molecule has 184 valence electrons. The molecule has 2 heterocycles. The molecule has 4 N–H and O–H groups in total. The summed E-state index contributed by atoms with van der Waals surface area (Å²) in [6, 6.07) is 7.43. The zero-order valence-corrected chi connectivity index (χ0v) is 20.6. The van der Waals surface area contributed by atoms with Crippen LogP contribution < -0.4 is 20.7 Å². The molecule has 0 radical (unpaired) electrons. The molecule has 0 bridgehead atoms. The average Bonchev–Trinajstić information content (AvgIpc) is 3.26. The van der Waals surface area contributed by atoms with Gasteiger partial charge in [0.15, 0.2) is 11.6 Å². The summed E-state index contributed by atoms with van der Waals surface area (Å²) < 4.78 is 5.65. The van der Waals surface area contributed by atoms with Crippen molar-refractivity contribution < 1.29 is 9.53 Å². The van der Waals surface area contributed by atoms with Gasteiger partial charge in [-0.15, -0.1) is 10.2 Å². The highest BCUT2D eigenvalue weighted by molar-refractivity contribution is 5.83. The van der Waals surface area contributed by atoms with Gasteiger partial charge in [0.2, 0.25) is 5.91 Å². The maximum Gasteiger partial charge on any atom is 0.228 e. The first-order chi connectivity index (χ1) is 16.8. The van der Waals surface area contributed by atoms with Crippen LogP contribution in [0.2, 0.25) is 0 Å². The number of nitrogens with zero attached hydrogens (tertiary/aromatic N) is 5. The summed E-state index contributed by atoms with van der Waals surface area (Å²) in [5.41, 5.74) is 2.80. The van der Waals surface area contributed by atoms with Crippen LogP contribution >= 0.6 is 0 Å². The first-order valence-corrected chi connectivity index (χ1v) is 11.1. The third kappa shape index (κ3) is 6.62. The normalized spacial score (nSPS) is 11.8. The maximum atomic E-state index is 12.6. The van der Waals surface area contributed by atoms with Gasteiger partial charge in [0, 0.05) is 31.0 Å². The van der Waals surface area contributed by atoms with Crippen LogP contribution in [0.1, 0.15) is 23.8 Å². The maximum absolute atomic E-state index is 12.6. The lowest BCUT2D eigenvalue weighted by atomic mass is 10.0. The number of H-pyrrole nitrogens is 1. The number of hydrogen-bond donors (Lipinski definition) is 4. The number of para-hydroxylation sites is 1. The summed E-state index contributed by atoms with van der Waals surface area (Å²) in [5, 5.41) is 17.2. The second kappa shape index (κ2) is 11.7. The highest BCUT2D eigenvalue weighted by Crippen LogP contribution is 2.36. The molecular formula is C24H31N9O2. The van der Waals surface area contributed by atoms with Crippen molar-refractivity contribution in [1.29, 1.82) is 0 Å². The average molecular weight is 478 g/mol. The Kier molecular flexibility index (Phi) is 8.49. The molecule has 1 aromatic carbocycles. The SMILES string of the molecule is C=C(Nc1cccc(-c2nnc(C)[nH]2)c1OC)C(CC/N=C/Nc1cc(C)nc(C)n1)C(=O)NC. The molecule has 0 aliphatic carbocycles. The lowest BCUT2D eigenvalue weighted by molar-refractivity contribution is -0.123. The fourth-order valence-corrected chi connectivity index (χ4v) is 3.58. The predicted molar refractivity (Wildman–Crippen MR) is 137 cm³/mol. The number of anilines is 2. The Balaban J connectivity index is 1.68. The van der Waals surface area contributed by atoms with Crippen LogP contribution in [0.4, 0.5) is 11.5 Å². The first kappa shape index (κ1) is 25.3. The molecule has 0 spiro atoms. The Bertz CT molecular complexity index is 1200. The van der Waals surface area contributed by atoms with E-state index in [1.165, 1.54) is 0 Å². The van der Waals surface area contributed by atoms with E-state index in [0.29, 0.717) is 53.4 Å².